The topological polar surface area (TPSA) is 3.88 Å². The van der Waals surface area contributed by atoms with Crippen LogP contribution in [-0.2, 0) is 7.05 Å². The van der Waals surface area contributed by atoms with Crippen molar-refractivity contribution in [3.8, 4) is 11.3 Å². The van der Waals surface area contributed by atoms with Crippen LogP contribution in [0.15, 0.2) is 42.6 Å². The van der Waals surface area contributed by atoms with E-state index < -0.39 is 0 Å². The third-order valence-corrected chi connectivity index (χ3v) is 7.64. The molecule has 0 radical (unpaired) electrons. The summed E-state index contributed by atoms with van der Waals surface area (Å²) in [6.07, 6.45) is 13.3. The zero-order chi connectivity index (χ0) is 20.0. The Kier molecular flexibility index (Phi) is 4.94. The van der Waals surface area contributed by atoms with Crippen LogP contribution in [-0.4, -0.2) is 0 Å². The lowest BCUT2D eigenvalue weighted by Gasteiger charge is -2.21. The molecule has 0 unspecified atom stereocenters. The molecule has 1 nitrogen and oxygen atoms in total. The van der Waals surface area contributed by atoms with Crippen LogP contribution in [0.1, 0.15) is 85.5 Å². The molecule has 1 heteroatoms. The Balaban J connectivity index is 1.76. The van der Waals surface area contributed by atoms with Gasteiger partial charge < -0.3 is 0 Å². The van der Waals surface area contributed by atoms with Gasteiger partial charge in [-0.1, -0.05) is 49.4 Å². The Morgan fingerprint density at radius 1 is 0.793 bits per heavy atom. The summed E-state index contributed by atoms with van der Waals surface area (Å²) in [5.74, 6) is 1.52. The molecule has 1 heterocycles. The van der Waals surface area contributed by atoms with Gasteiger partial charge in [0.15, 0.2) is 6.20 Å². The number of aromatic nitrogens is 1. The number of nitrogens with zero attached hydrogens (tertiary/aromatic N) is 1. The van der Waals surface area contributed by atoms with E-state index in [0.29, 0.717) is 0 Å². The Morgan fingerprint density at radius 3 is 2.21 bits per heavy atom. The highest BCUT2D eigenvalue weighted by molar-refractivity contribution is 5.94. The number of pyridine rings is 1. The molecule has 2 aliphatic carbocycles. The van der Waals surface area contributed by atoms with E-state index >= 15 is 0 Å². The van der Waals surface area contributed by atoms with Crippen molar-refractivity contribution >= 4 is 10.8 Å². The molecule has 2 fully saturated rings. The first-order chi connectivity index (χ1) is 14.1. The molecule has 3 aromatic rings. The number of rotatable bonds is 3. The maximum atomic E-state index is 2.61. The smallest absolute Gasteiger partial charge is 0.200 e. The summed E-state index contributed by atoms with van der Waals surface area (Å²) < 4.78 is 2.34. The maximum absolute atomic E-state index is 2.61. The van der Waals surface area contributed by atoms with Gasteiger partial charge in [0.2, 0.25) is 5.69 Å². The first-order valence-corrected chi connectivity index (χ1v) is 11.7. The summed E-state index contributed by atoms with van der Waals surface area (Å²) in [5, 5.41) is 2.73. The fraction of sp³-hybridized carbons (Fsp3) is 0.464. The van der Waals surface area contributed by atoms with Crippen LogP contribution in [0.3, 0.4) is 0 Å². The molecular weight excluding hydrogens is 350 g/mol. The Morgan fingerprint density at radius 2 is 1.48 bits per heavy atom. The van der Waals surface area contributed by atoms with E-state index in [0.717, 1.165) is 11.8 Å². The third kappa shape index (κ3) is 3.39. The monoisotopic (exact) mass is 384 g/mol. The fourth-order valence-electron chi connectivity index (χ4n) is 5.99. The van der Waals surface area contributed by atoms with Crippen molar-refractivity contribution in [1.82, 2.24) is 0 Å². The highest BCUT2D eigenvalue weighted by Crippen LogP contribution is 2.43. The van der Waals surface area contributed by atoms with Gasteiger partial charge in [0, 0.05) is 6.07 Å². The predicted molar refractivity (Wildman–Crippen MR) is 122 cm³/mol. The van der Waals surface area contributed by atoms with Crippen molar-refractivity contribution in [3.63, 3.8) is 0 Å². The summed E-state index contributed by atoms with van der Waals surface area (Å²) in [6.45, 7) is 4.57. The number of hydrogen-bond acceptors (Lipinski definition) is 0. The van der Waals surface area contributed by atoms with Gasteiger partial charge in [0.1, 0.15) is 7.05 Å². The van der Waals surface area contributed by atoms with E-state index in [2.05, 4.69) is 68.1 Å². The zero-order valence-electron chi connectivity index (χ0n) is 18.3. The van der Waals surface area contributed by atoms with Gasteiger partial charge in [0.05, 0.1) is 10.9 Å². The van der Waals surface area contributed by atoms with Gasteiger partial charge >= 0.3 is 0 Å². The molecule has 2 saturated carbocycles. The van der Waals surface area contributed by atoms with Gasteiger partial charge in [-0.25, -0.2) is 4.57 Å². The molecule has 2 aliphatic rings. The van der Waals surface area contributed by atoms with Crippen molar-refractivity contribution in [1.29, 1.82) is 0 Å². The number of hydrogen-bond donors (Lipinski definition) is 0. The van der Waals surface area contributed by atoms with Crippen LogP contribution >= 0.6 is 0 Å². The Hall–Kier alpha value is -2.15. The minimum Gasteiger partial charge on any atom is -0.200 e. The van der Waals surface area contributed by atoms with Gasteiger partial charge in [-0.15, -0.1) is 0 Å². The first kappa shape index (κ1) is 18.9. The highest BCUT2D eigenvalue weighted by atomic mass is 14.9. The molecule has 1 aromatic heterocycles. The van der Waals surface area contributed by atoms with Crippen LogP contribution in [0.5, 0.6) is 0 Å². The van der Waals surface area contributed by atoms with Crippen LogP contribution in [0.4, 0.5) is 0 Å². The summed E-state index contributed by atoms with van der Waals surface area (Å²) >= 11 is 0. The molecule has 29 heavy (non-hydrogen) atoms. The molecule has 2 aromatic carbocycles. The number of benzene rings is 2. The van der Waals surface area contributed by atoms with Gasteiger partial charge in [0.25, 0.3) is 0 Å². The molecule has 0 aliphatic heterocycles. The summed E-state index contributed by atoms with van der Waals surface area (Å²) in [6, 6.07) is 14.3. The lowest BCUT2D eigenvalue weighted by Crippen LogP contribution is -2.31. The molecule has 0 N–H and O–H groups in total. The molecule has 0 bridgehead atoms. The van der Waals surface area contributed by atoms with Crippen molar-refractivity contribution in [2.24, 2.45) is 7.05 Å². The van der Waals surface area contributed by atoms with Crippen LogP contribution < -0.4 is 4.57 Å². The van der Waals surface area contributed by atoms with E-state index in [1.54, 1.807) is 11.1 Å². The van der Waals surface area contributed by atoms with E-state index in [-0.39, 0.29) is 0 Å². The normalized spacial score (nSPS) is 18.2. The van der Waals surface area contributed by atoms with Crippen molar-refractivity contribution in [2.75, 3.05) is 0 Å². The van der Waals surface area contributed by atoms with E-state index in [1.807, 2.05) is 0 Å². The second-order valence-electron chi connectivity index (χ2n) is 9.61. The van der Waals surface area contributed by atoms with Crippen LogP contribution in [0, 0.1) is 13.8 Å². The lowest BCUT2D eigenvalue weighted by molar-refractivity contribution is -0.659. The maximum Gasteiger partial charge on any atom is 0.220 e. The zero-order valence-corrected chi connectivity index (χ0v) is 18.3. The number of aryl methyl sites for hydroxylation is 2. The van der Waals surface area contributed by atoms with Crippen LogP contribution in [0.2, 0.25) is 0 Å². The molecular formula is C28H34N+. The average molecular weight is 385 g/mol. The highest BCUT2D eigenvalue weighted by Gasteiger charge is 2.27. The summed E-state index contributed by atoms with van der Waals surface area (Å²) in [5.41, 5.74) is 8.95. The molecule has 0 spiro atoms. The lowest BCUT2D eigenvalue weighted by atomic mass is 9.83. The van der Waals surface area contributed by atoms with E-state index in [1.165, 1.54) is 84.5 Å². The van der Waals surface area contributed by atoms with Crippen molar-refractivity contribution in [2.45, 2.75) is 77.0 Å². The Bertz CT molecular complexity index is 1050. The summed E-state index contributed by atoms with van der Waals surface area (Å²) in [4.78, 5) is 0. The van der Waals surface area contributed by atoms with Crippen molar-refractivity contribution < 1.29 is 4.57 Å². The molecule has 0 atom stereocenters. The molecule has 5 rings (SSSR count). The fourth-order valence-corrected chi connectivity index (χ4v) is 5.99. The van der Waals surface area contributed by atoms with E-state index in [9.17, 15) is 0 Å². The minimum atomic E-state index is 0.761. The summed E-state index contributed by atoms with van der Waals surface area (Å²) in [7, 11) is 2.21. The number of fused-ring (bicyclic) bond motifs is 1. The molecule has 150 valence electrons. The molecule has 0 saturated heterocycles. The molecule has 0 amide bonds. The SMILES string of the molecule is Cc1ccc2c(-c3cc(C4CCCC4)cc(C4CCCC4)c3C)[n+](C)ccc2c1. The van der Waals surface area contributed by atoms with Crippen LogP contribution in [0.25, 0.3) is 22.0 Å². The van der Waals surface area contributed by atoms with Gasteiger partial charge in [-0.05, 0) is 85.6 Å². The second kappa shape index (κ2) is 7.59. The largest absolute Gasteiger partial charge is 0.220 e. The Labute approximate surface area is 175 Å². The predicted octanol–water partition coefficient (Wildman–Crippen LogP) is 7.26. The standard InChI is InChI=1S/C28H34N/c1-19-12-13-25-23(16-19)14-15-29(3)28(25)27-18-24(21-8-4-5-9-21)17-26(20(27)2)22-10-6-7-11-22/h12-18,21-22H,4-11H2,1-3H3/q+1. The average Bonchev–Trinajstić information content (AvgIpc) is 3.43. The third-order valence-electron chi connectivity index (χ3n) is 7.64. The van der Waals surface area contributed by atoms with Gasteiger partial charge in [-0.2, -0.15) is 0 Å². The minimum absolute atomic E-state index is 0.761. The van der Waals surface area contributed by atoms with E-state index in [4.69, 9.17) is 0 Å². The first-order valence-electron chi connectivity index (χ1n) is 11.7. The quantitative estimate of drug-likeness (QED) is 0.418. The van der Waals surface area contributed by atoms with Crippen molar-refractivity contribution in [3.05, 3.63) is 64.8 Å². The second-order valence-corrected chi connectivity index (χ2v) is 9.61. The van der Waals surface area contributed by atoms with Gasteiger partial charge in [-0.3, -0.25) is 0 Å².